The highest BCUT2D eigenvalue weighted by atomic mass is 15.4. The Bertz CT molecular complexity index is 285. The molecule has 0 saturated heterocycles. The maximum atomic E-state index is 5.67. The fourth-order valence-electron chi connectivity index (χ4n) is 0.796. The molecule has 4 nitrogen and oxygen atoms in total. The zero-order valence-electron chi connectivity index (χ0n) is 7.65. The van der Waals surface area contributed by atoms with E-state index in [1.165, 1.54) is 0 Å². The fourth-order valence-corrected chi connectivity index (χ4v) is 0.796. The second kappa shape index (κ2) is 3.49. The molecule has 2 N–H and O–H groups in total. The molecule has 4 heteroatoms. The number of nitrogens with zero attached hydrogens (tertiary/aromatic N) is 3. The lowest BCUT2D eigenvalue weighted by atomic mass is 10.1. The van der Waals surface area contributed by atoms with Crippen LogP contribution in [0.4, 0.5) is 0 Å². The Balaban J connectivity index is 2.80. The quantitative estimate of drug-likeness (QED) is 0.698. The highest BCUT2D eigenvalue weighted by Crippen LogP contribution is 2.04. The van der Waals surface area contributed by atoms with Crippen LogP contribution in [0.15, 0.2) is 11.8 Å². The fraction of sp³-hybridized carbons (Fsp3) is 0.500. The number of nitrogens with two attached hydrogens (primary N) is 1. The minimum absolute atomic E-state index is 0.0759. The predicted molar refractivity (Wildman–Crippen MR) is 48.3 cm³/mol. The normalized spacial score (nSPS) is 14.8. The summed E-state index contributed by atoms with van der Waals surface area (Å²) in [5.74, 6) is 0. The van der Waals surface area contributed by atoms with Crippen LogP contribution in [0.3, 0.4) is 0 Å². The number of hydrogen-bond donors (Lipinski definition) is 1. The Kier molecular flexibility index (Phi) is 2.60. The van der Waals surface area contributed by atoms with Gasteiger partial charge < -0.3 is 5.73 Å². The second-order valence-corrected chi connectivity index (χ2v) is 2.99. The van der Waals surface area contributed by atoms with Crippen molar-refractivity contribution >= 4 is 6.08 Å². The summed E-state index contributed by atoms with van der Waals surface area (Å²) in [6.07, 6.45) is 3.80. The van der Waals surface area contributed by atoms with Crippen LogP contribution >= 0.6 is 0 Å². The number of rotatable bonds is 2. The van der Waals surface area contributed by atoms with Crippen LogP contribution in [0, 0.1) is 0 Å². The summed E-state index contributed by atoms with van der Waals surface area (Å²) in [4.78, 5) is 0. The second-order valence-electron chi connectivity index (χ2n) is 2.99. The lowest BCUT2D eigenvalue weighted by Crippen LogP contribution is -2.15. The molecular formula is C8H14N4. The minimum atomic E-state index is 0.0759. The van der Waals surface area contributed by atoms with Gasteiger partial charge in [-0.3, -0.25) is 4.68 Å². The molecule has 0 spiro atoms. The van der Waals surface area contributed by atoms with Crippen LogP contribution in [0.1, 0.15) is 19.5 Å². The number of aryl methyl sites for hydroxylation is 1. The van der Waals surface area contributed by atoms with Crippen molar-refractivity contribution in [3.8, 4) is 0 Å². The van der Waals surface area contributed by atoms with E-state index in [1.54, 1.807) is 4.68 Å². The molecule has 0 aliphatic heterocycles. The van der Waals surface area contributed by atoms with Gasteiger partial charge in [-0.15, -0.1) is 5.10 Å². The van der Waals surface area contributed by atoms with Crippen molar-refractivity contribution in [1.82, 2.24) is 15.0 Å². The van der Waals surface area contributed by atoms with Crippen molar-refractivity contribution in [2.24, 2.45) is 12.8 Å². The lowest BCUT2D eigenvalue weighted by Gasteiger charge is -2.02. The molecule has 12 heavy (non-hydrogen) atoms. The van der Waals surface area contributed by atoms with Crippen molar-refractivity contribution in [1.29, 1.82) is 0 Å². The van der Waals surface area contributed by atoms with Crippen molar-refractivity contribution in [2.75, 3.05) is 0 Å². The van der Waals surface area contributed by atoms with Crippen LogP contribution in [-0.2, 0) is 7.05 Å². The molecule has 1 aromatic heterocycles. The molecule has 1 unspecified atom stereocenters. The Morgan fingerprint density at radius 2 is 2.42 bits per heavy atom. The molecular weight excluding hydrogens is 152 g/mol. The molecule has 0 aliphatic rings. The average Bonchev–Trinajstić information content (AvgIpc) is 2.35. The van der Waals surface area contributed by atoms with E-state index >= 15 is 0 Å². The van der Waals surface area contributed by atoms with Crippen LogP contribution in [0.5, 0.6) is 0 Å². The van der Waals surface area contributed by atoms with E-state index in [-0.39, 0.29) is 6.04 Å². The first-order chi connectivity index (χ1) is 5.59. The first kappa shape index (κ1) is 8.93. The van der Waals surface area contributed by atoms with Gasteiger partial charge in [0.25, 0.3) is 0 Å². The molecule has 0 bridgehead atoms. The van der Waals surface area contributed by atoms with E-state index in [4.69, 9.17) is 5.73 Å². The molecule has 0 aliphatic carbocycles. The van der Waals surface area contributed by atoms with Gasteiger partial charge >= 0.3 is 0 Å². The monoisotopic (exact) mass is 166 g/mol. The van der Waals surface area contributed by atoms with E-state index in [9.17, 15) is 0 Å². The van der Waals surface area contributed by atoms with Crippen LogP contribution in [0.25, 0.3) is 6.08 Å². The summed E-state index contributed by atoms with van der Waals surface area (Å²) >= 11 is 0. The zero-order chi connectivity index (χ0) is 9.14. The average molecular weight is 166 g/mol. The summed E-state index contributed by atoms with van der Waals surface area (Å²) in [6.45, 7) is 3.93. The predicted octanol–water partition coefficient (Wildman–Crippen LogP) is 0.566. The molecule has 1 heterocycles. The third-order valence-electron chi connectivity index (χ3n) is 1.71. The van der Waals surface area contributed by atoms with E-state index in [0.717, 1.165) is 11.3 Å². The van der Waals surface area contributed by atoms with Crippen molar-refractivity contribution < 1.29 is 0 Å². The van der Waals surface area contributed by atoms with Gasteiger partial charge in [-0.2, -0.15) is 0 Å². The Labute approximate surface area is 72.1 Å². The molecule has 66 valence electrons. The molecule has 0 aromatic carbocycles. The van der Waals surface area contributed by atoms with Gasteiger partial charge in [0.1, 0.15) is 5.69 Å². The van der Waals surface area contributed by atoms with E-state index in [2.05, 4.69) is 10.3 Å². The van der Waals surface area contributed by atoms with Gasteiger partial charge in [0.05, 0.1) is 6.20 Å². The van der Waals surface area contributed by atoms with Crippen molar-refractivity contribution in [2.45, 2.75) is 19.9 Å². The molecule has 0 fully saturated rings. The maximum Gasteiger partial charge on any atom is 0.105 e. The standard InChI is InChI=1S/C8H14N4/c1-6(7(2)9)4-8-5-12(3)11-10-8/h4-5,7H,9H2,1-3H3/b6-4+. The van der Waals surface area contributed by atoms with Gasteiger partial charge in [0.15, 0.2) is 0 Å². The third kappa shape index (κ3) is 2.17. The minimum Gasteiger partial charge on any atom is -0.324 e. The van der Waals surface area contributed by atoms with Gasteiger partial charge in [-0.25, -0.2) is 0 Å². The van der Waals surface area contributed by atoms with E-state index in [0.29, 0.717) is 0 Å². The number of hydrogen-bond acceptors (Lipinski definition) is 3. The van der Waals surface area contributed by atoms with Crippen LogP contribution < -0.4 is 5.73 Å². The van der Waals surface area contributed by atoms with Gasteiger partial charge in [0.2, 0.25) is 0 Å². The maximum absolute atomic E-state index is 5.67. The summed E-state index contributed by atoms with van der Waals surface area (Å²) in [7, 11) is 1.84. The summed E-state index contributed by atoms with van der Waals surface area (Å²) < 4.78 is 1.67. The molecule has 1 aromatic rings. The van der Waals surface area contributed by atoms with Crippen LogP contribution in [-0.4, -0.2) is 21.0 Å². The zero-order valence-corrected chi connectivity index (χ0v) is 7.65. The van der Waals surface area contributed by atoms with Crippen molar-refractivity contribution in [3.05, 3.63) is 17.5 Å². The summed E-state index contributed by atoms with van der Waals surface area (Å²) in [5, 5.41) is 7.73. The van der Waals surface area contributed by atoms with Crippen molar-refractivity contribution in [3.63, 3.8) is 0 Å². The molecule has 0 saturated carbocycles. The lowest BCUT2D eigenvalue weighted by molar-refractivity contribution is 0.714. The van der Waals surface area contributed by atoms with Gasteiger partial charge in [0, 0.05) is 13.1 Å². The Hall–Kier alpha value is -1.16. The van der Waals surface area contributed by atoms with Gasteiger partial charge in [-0.05, 0) is 19.9 Å². The first-order valence-corrected chi connectivity index (χ1v) is 3.89. The highest BCUT2D eigenvalue weighted by molar-refractivity contribution is 5.47. The number of aromatic nitrogens is 3. The largest absolute Gasteiger partial charge is 0.324 e. The summed E-state index contributed by atoms with van der Waals surface area (Å²) in [6, 6.07) is 0.0759. The highest BCUT2D eigenvalue weighted by Gasteiger charge is 1.98. The smallest absolute Gasteiger partial charge is 0.105 e. The topological polar surface area (TPSA) is 56.7 Å². The van der Waals surface area contributed by atoms with Crippen LogP contribution in [0.2, 0.25) is 0 Å². The van der Waals surface area contributed by atoms with E-state index < -0.39 is 0 Å². The third-order valence-corrected chi connectivity index (χ3v) is 1.71. The first-order valence-electron chi connectivity index (χ1n) is 3.89. The van der Waals surface area contributed by atoms with E-state index in [1.807, 2.05) is 33.2 Å². The SMILES string of the molecule is C/C(=C\c1cn(C)nn1)C(C)N. The molecule has 1 rings (SSSR count). The molecule has 1 atom stereocenters. The summed E-state index contributed by atoms with van der Waals surface area (Å²) in [5.41, 5.74) is 7.63. The Morgan fingerprint density at radius 1 is 1.75 bits per heavy atom. The molecule has 0 radical (unpaired) electrons. The Morgan fingerprint density at radius 3 is 2.83 bits per heavy atom. The molecule has 0 amide bonds. The van der Waals surface area contributed by atoms with Gasteiger partial charge in [-0.1, -0.05) is 10.8 Å².